The molecule has 30 rings (SSSR count). The fraction of sp³-hybridized carbons (Fsp3) is 0. The summed E-state index contributed by atoms with van der Waals surface area (Å²) in [5, 5.41) is 19.5. The van der Waals surface area contributed by atoms with E-state index in [1.165, 1.54) is 193 Å². The summed E-state index contributed by atoms with van der Waals surface area (Å²) in [7, 11) is 0. The predicted octanol–water partition coefficient (Wildman–Crippen LogP) is 37.7. The highest BCUT2D eigenvalue weighted by Gasteiger charge is 2.27. The minimum atomic E-state index is 0.902. The molecular formula is C128H77N3O3S3. The summed E-state index contributed by atoms with van der Waals surface area (Å²) >= 11 is 5.67. The molecule has 0 saturated carbocycles. The van der Waals surface area contributed by atoms with Gasteiger partial charge in [-0.15, -0.1) is 34.0 Å². The molecule has 0 bridgehead atoms. The number of thiophene rings is 3. The number of hydrogen-bond donors (Lipinski definition) is 0. The van der Waals surface area contributed by atoms with Crippen molar-refractivity contribution in [2.24, 2.45) is 0 Å². The Morgan fingerprint density at radius 2 is 0.540 bits per heavy atom. The van der Waals surface area contributed by atoms with Crippen molar-refractivity contribution in [2.45, 2.75) is 0 Å². The molecule has 0 radical (unpaired) electrons. The molecule has 6 nitrogen and oxygen atoms in total. The quantitative estimate of drug-likeness (QED) is 0.137. The van der Waals surface area contributed by atoms with E-state index in [-0.39, 0.29) is 0 Å². The molecule has 0 amide bonds. The lowest BCUT2D eigenvalue weighted by Gasteiger charge is -2.13. The summed E-state index contributed by atoms with van der Waals surface area (Å²) < 4.78 is 34.7. The Bertz CT molecular complexity index is 10100. The third-order valence-corrected chi connectivity index (χ3v) is 31.4. The third-order valence-electron chi connectivity index (χ3n) is 27.8. The van der Waals surface area contributed by atoms with Gasteiger partial charge in [-0.1, -0.05) is 352 Å². The minimum absolute atomic E-state index is 0.902. The van der Waals surface area contributed by atoms with Gasteiger partial charge in [0.15, 0.2) is 0 Å². The number of rotatable bonds is 10. The van der Waals surface area contributed by atoms with Crippen LogP contribution in [-0.4, -0.2) is 13.7 Å². The van der Waals surface area contributed by atoms with Crippen molar-refractivity contribution in [1.29, 1.82) is 0 Å². The smallest absolute Gasteiger partial charge is 0.143 e. The maximum absolute atomic E-state index is 6.64. The van der Waals surface area contributed by atoms with Gasteiger partial charge in [0, 0.05) is 107 Å². The van der Waals surface area contributed by atoms with Gasteiger partial charge >= 0.3 is 0 Å². The second kappa shape index (κ2) is 31.8. The van der Waals surface area contributed by atoms with E-state index in [9.17, 15) is 0 Å². The molecule has 0 spiro atoms. The predicted molar refractivity (Wildman–Crippen MR) is 583 cm³/mol. The molecule has 0 saturated heterocycles. The lowest BCUT2D eigenvalue weighted by molar-refractivity contribution is 0.669. The van der Waals surface area contributed by atoms with Gasteiger partial charge in [0.2, 0.25) is 0 Å². The topological polar surface area (TPSA) is 54.2 Å². The second-order valence-corrected chi connectivity index (χ2v) is 38.6. The van der Waals surface area contributed by atoms with Crippen LogP contribution in [0.1, 0.15) is 0 Å². The summed E-state index contributed by atoms with van der Waals surface area (Å²) in [5.74, 6) is 0. The zero-order valence-corrected chi connectivity index (χ0v) is 76.2. The molecule has 137 heavy (non-hydrogen) atoms. The molecule has 0 aliphatic rings. The van der Waals surface area contributed by atoms with Crippen LogP contribution in [0.4, 0.5) is 0 Å². The van der Waals surface area contributed by atoms with Gasteiger partial charge in [-0.05, 0) is 204 Å². The average Bonchev–Trinajstić information content (AvgIpc) is 1.57. The van der Waals surface area contributed by atoms with Crippen LogP contribution >= 0.6 is 34.0 Å². The van der Waals surface area contributed by atoms with Gasteiger partial charge in [0.25, 0.3) is 0 Å². The first-order valence-electron chi connectivity index (χ1n) is 46.5. The van der Waals surface area contributed by atoms with Crippen LogP contribution in [0.15, 0.2) is 480 Å². The molecule has 0 atom stereocenters. The largest absolute Gasteiger partial charge is 0.456 e. The van der Waals surface area contributed by atoms with Crippen LogP contribution in [-0.2, 0) is 0 Å². The number of fused-ring (bicyclic) bond motifs is 27. The Kier molecular flexibility index (Phi) is 18.2. The zero-order chi connectivity index (χ0) is 89.9. The van der Waals surface area contributed by atoms with Crippen molar-refractivity contribution in [3.8, 4) is 95.0 Å². The van der Waals surface area contributed by atoms with Crippen LogP contribution in [0.3, 0.4) is 0 Å². The second-order valence-electron chi connectivity index (χ2n) is 35.5. The Labute approximate surface area is 797 Å². The van der Waals surface area contributed by atoms with Gasteiger partial charge in [0.05, 0.1) is 47.2 Å². The maximum atomic E-state index is 6.64. The van der Waals surface area contributed by atoms with Gasteiger partial charge in [0.1, 0.15) is 33.5 Å². The molecule has 0 unspecified atom stereocenters. The molecule has 9 heteroatoms. The van der Waals surface area contributed by atoms with E-state index in [1.54, 1.807) is 0 Å². The Morgan fingerprint density at radius 3 is 1.09 bits per heavy atom. The molecular weight excluding hydrogens is 1720 g/mol. The number of furan rings is 3. The number of para-hydroxylation sites is 7. The van der Waals surface area contributed by atoms with Crippen molar-refractivity contribution in [2.75, 3.05) is 0 Å². The molecule has 9 heterocycles. The van der Waals surface area contributed by atoms with E-state index in [4.69, 9.17) is 13.3 Å². The van der Waals surface area contributed by atoms with Crippen molar-refractivity contribution >= 4 is 215 Å². The number of aromatic nitrogens is 3. The van der Waals surface area contributed by atoms with Crippen molar-refractivity contribution < 1.29 is 13.3 Å². The highest BCUT2D eigenvalue weighted by molar-refractivity contribution is 7.28. The Balaban J connectivity index is 0.000000102. The number of benzene rings is 21. The van der Waals surface area contributed by atoms with E-state index in [2.05, 4.69) is 481 Å². The van der Waals surface area contributed by atoms with Gasteiger partial charge < -0.3 is 27.0 Å². The molecule has 0 aliphatic carbocycles. The van der Waals surface area contributed by atoms with Crippen molar-refractivity contribution in [1.82, 2.24) is 13.7 Å². The van der Waals surface area contributed by atoms with E-state index in [1.807, 2.05) is 34.0 Å². The third kappa shape index (κ3) is 12.7. The highest BCUT2D eigenvalue weighted by atomic mass is 32.1. The lowest BCUT2D eigenvalue weighted by atomic mass is 9.91. The highest BCUT2D eigenvalue weighted by Crippen LogP contribution is 2.53. The van der Waals surface area contributed by atoms with Gasteiger partial charge in [-0.2, -0.15) is 0 Å². The summed E-state index contributed by atoms with van der Waals surface area (Å²) in [6.07, 6.45) is 0. The first-order chi connectivity index (χ1) is 68.0. The maximum Gasteiger partial charge on any atom is 0.143 e. The SMILES string of the molecule is c1ccc(-c2cccc3c2oc2cccc(-c4ccccc4-c4cccc5c4sc4c6ccccc6n(-c6ccccc6)c54)c23)cc1.c1ccc(-n2c3ccccc3c3sc4cc(-c5ccccc5-c5ccc6c(c5)oc5cc7ccccc7cc56)ccc4c32)cc1.c1ccc(-n2c3ccccc3c3sc4cc(-c5ccccc5-c5ccc6c(c5)oc5ccc7ccccc7c56)ccc4c32)cc1. The Hall–Kier alpha value is -17.2. The van der Waals surface area contributed by atoms with Crippen LogP contribution in [0, 0.1) is 0 Å². The molecule has 0 aliphatic heterocycles. The molecule has 9 aromatic heterocycles. The van der Waals surface area contributed by atoms with Crippen LogP contribution in [0.5, 0.6) is 0 Å². The fourth-order valence-corrected chi connectivity index (χ4v) is 25.6. The molecule has 640 valence electrons. The summed E-state index contributed by atoms with van der Waals surface area (Å²) in [4.78, 5) is 0. The first-order valence-corrected chi connectivity index (χ1v) is 48.9. The van der Waals surface area contributed by atoms with E-state index in [0.717, 1.165) is 82.7 Å². The fourth-order valence-electron chi connectivity index (χ4n) is 21.7. The normalized spacial score (nSPS) is 11.9. The Morgan fingerprint density at radius 1 is 0.168 bits per heavy atom. The molecule has 30 aromatic rings. The van der Waals surface area contributed by atoms with E-state index < -0.39 is 0 Å². The van der Waals surface area contributed by atoms with E-state index in [0.29, 0.717) is 0 Å². The summed E-state index contributed by atoms with van der Waals surface area (Å²) in [5.41, 5.74) is 33.3. The minimum Gasteiger partial charge on any atom is -0.456 e. The first kappa shape index (κ1) is 78.5. The zero-order valence-electron chi connectivity index (χ0n) is 73.7. The van der Waals surface area contributed by atoms with Crippen LogP contribution in [0.2, 0.25) is 0 Å². The summed E-state index contributed by atoms with van der Waals surface area (Å²) in [6.45, 7) is 0. The standard InChI is InChI=1S/C44H27NOS.2C42H25NOS/c1-3-14-28(15-4-1)30-21-11-24-36-40-33(22-13-27-39(40)46-42(30)36)31-18-7-8-19-32(31)34-23-12-25-37-41-44(47-43(34)37)35-20-9-10-26-38(35)45(41)29-16-5-2-6-17-29;1-2-12-30(13-3-1)43-37-17-9-8-16-34(37)42-41(43)35-21-19-29(25-40(35)45-42)32-15-7-6-14-31(32)28-18-20-33-36-22-26-10-4-5-11-27(26)23-39(36)44-38(33)24-28;1-2-11-29(12-3-1)43-36-17-9-8-16-33(36)42-41(43)35-22-19-28(25-39(35)45-42)31-14-7-6-13-30(31)27-18-21-34-38(24-27)44-37-23-20-26-10-4-5-15-32(26)40(34)37/h1-27H;2*1-25H. The number of hydrogen-bond acceptors (Lipinski definition) is 6. The van der Waals surface area contributed by atoms with Crippen LogP contribution in [0.25, 0.3) is 276 Å². The van der Waals surface area contributed by atoms with Gasteiger partial charge in [-0.25, -0.2) is 0 Å². The monoisotopic (exact) mass is 1800 g/mol. The molecule has 21 aromatic carbocycles. The molecule has 0 N–H and O–H groups in total. The average molecular weight is 1800 g/mol. The number of nitrogens with zero attached hydrogens (tertiary/aromatic N) is 3. The van der Waals surface area contributed by atoms with Crippen LogP contribution < -0.4 is 0 Å². The lowest BCUT2D eigenvalue weighted by Crippen LogP contribution is -1.93. The molecule has 0 fully saturated rings. The summed E-state index contributed by atoms with van der Waals surface area (Å²) in [6, 6.07) is 168. The van der Waals surface area contributed by atoms with Crippen molar-refractivity contribution in [3.63, 3.8) is 0 Å². The van der Waals surface area contributed by atoms with Crippen molar-refractivity contribution in [3.05, 3.63) is 467 Å². The van der Waals surface area contributed by atoms with E-state index >= 15 is 0 Å². The van der Waals surface area contributed by atoms with Gasteiger partial charge in [-0.3, -0.25) is 0 Å².